The van der Waals surface area contributed by atoms with Crippen LogP contribution < -0.4 is 5.32 Å². The fourth-order valence-electron chi connectivity index (χ4n) is 3.17. The highest BCUT2D eigenvalue weighted by molar-refractivity contribution is 9.10. The van der Waals surface area contributed by atoms with Crippen LogP contribution in [0.4, 0.5) is 5.69 Å². The average molecular weight is 501 g/mol. The molecule has 0 aromatic heterocycles. The van der Waals surface area contributed by atoms with E-state index in [1.807, 2.05) is 62.4 Å². The zero-order chi connectivity index (χ0) is 22.4. The summed E-state index contributed by atoms with van der Waals surface area (Å²) in [6.07, 6.45) is 0.507. The van der Waals surface area contributed by atoms with Crippen molar-refractivity contribution in [2.24, 2.45) is 0 Å². The second-order valence-corrected chi connectivity index (χ2v) is 10.2. The first-order valence-corrected chi connectivity index (χ1v) is 12.2. The normalized spacial score (nSPS) is 11.5. The number of amides is 1. The first kappa shape index (κ1) is 23.2. The molecule has 162 valence electrons. The molecule has 0 aliphatic carbocycles. The van der Waals surface area contributed by atoms with Crippen LogP contribution in [0.25, 0.3) is 0 Å². The lowest BCUT2D eigenvalue weighted by Gasteiger charge is -2.22. The largest absolute Gasteiger partial charge is 0.325 e. The molecule has 0 saturated heterocycles. The Balaban J connectivity index is 1.83. The first-order valence-electron chi connectivity index (χ1n) is 9.93. The van der Waals surface area contributed by atoms with E-state index in [0.29, 0.717) is 12.1 Å². The van der Waals surface area contributed by atoms with Crippen molar-refractivity contribution in [3.05, 3.63) is 94.0 Å². The number of benzene rings is 3. The molecule has 0 radical (unpaired) electrons. The summed E-state index contributed by atoms with van der Waals surface area (Å²) in [6, 6.07) is 21.7. The molecule has 0 heterocycles. The molecule has 1 amide bonds. The van der Waals surface area contributed by atoms with E-state index in [4.69, 9.17) is 0 Å². The minimum absolute atomic E-state index is 0.156. The van der Waals surface area contributed by atoms with Gasteiger partial charge in [-0.05, 0) is 67.3 Å². The number of carbonyl (C=O) groups excluding carboxylic acids is 1. The van der Waals surface area contributed by atoms with E-state index in [9.17, 15) is 13.2 Å². The smallest absolute Gasteiger partial charge is 0.243 e. The molecule has 0 aliphatic rings. The van der Waals surface area contributed by atoms with Gasteiger partial charge in [0.25, 0.3) is 0 Å². The molecule has 3 aromatic carbocycles. The van der Waals surface area contributed by atoms with E-state index in [1.165, 1.54) is 16.4 Å². The average Bonchev–Trinajstić information content (AvgIpc) is 2.75. The summed E-state index contributed by atoms with van der Waals surface area (Å²) in [5, 5.41) is 2.86. The second kappa shape index (κ2) is 10.2. The van der Waals surface area contributed by atoms with Gasteiger partial charge in [0.1, 0.15) is 0 Å². The van der Waals surface area contributed by atoms with Gasteiger partial charge in [-0.3, -0.25) is 4.79 Å². The molecule has 0 unspecified atom stereocenters. The third-order valence-electron chi connectivity index (χ3n) is 5.14. The number of carbonyl (C=O) groups is 1. The molecule has 5 nitrogen and oxygen atoms in total. The van der Waals surface area contributed by atoms with Crippen molar-refractivity contribution < 1.29 is 13.2 Å². The first-order chi connectivity index (χ1) is 14.8. The maximum Gasteiger partial charge on any atom is 0.243 e. The van der Waals surface area contributed by atoms with Crippen LogP contribution in [0.15, 0.2) is 82.2 Å². The highest BCUT2D eigenvalue weighted by atomic mass is 79.9. The van der Waals surface area contributed by atoms with Gasteiger partial charge < -0.3 is 5.32 Å². The summed E-state index contributed by atoms with van der Waals surface area (Å²) in [4.78, 5) is 13.0. The molecule has 0 fully saturated rings. The van der Waals surface area contributed by atoms with Crippen LogP contribution in [0.3, 0.4) is 0 Å². The maximum atomic E-state index is 13.3. The van der Waals surface area contributed by atoms with Crippen LogP contribution in [0.2, 0.25) is 0 Å². The molecule has 0 spiro atoms. The molecular weight excluding hydrogens is 476 g/mol. The van der Waals surface area contributed by atoms with Crippen LogP contribution in [-0.2, 0) is 21.2 Å². The lowest BCUT2D eigenvalue weighted by atomic mass is 10.1. The maximum absolute atomic E-state index is 13.3. The molecule has 3 rings (SSSR count). The monoisotopic (exact) mass is 500 g/mol. The molecule has 1 N–H and O–H groups in total. The van der Waals surface area contributed by atoms with Gasteiger partial charge in [-0.15, -0.1) is 0 Å². The molecule has 7 heteroatoms. The summed E-state index contributed by atoms with van der Waals surface area (Å²) in [5.74, 6) is -0.373. The third-order valence-corrected chi connectivity index (χ3v) is 7.53. The highest BCUT2D eigenvalue weighted by Crippen LogP contribution is 2.21. The van der Waals surface area contributed by atoms with Gasteiger partial charge in [0, 0.05) is 16.7 Å². The van der Waals surface area contributed by atoms with Crippen molar-refractivity contribution in [3.8, 4) is 0 Å². The quantitative estimate of drug-likeness (QED) is 0.476. The van der Waals surface area contributed by atoms with E-state index in [2.05, 4.69) is 21.2 Å². The summed E-state index contributed by atoms with van der Waals surface area (Å²) < 4.78 is 28.6. The minimum atomic E-state index is -3.84. The zero-order valence-electron chi connectivity index (χ0n) is 17.5. The van der Waals surface area contributed by atoms with E-state index in [1.54, 1.807) is 12.1 Å². The Bertz CT molecular complexity index is 1150. The fourth-order valence-corrected chi connectivity index (χ4v) is 4.84. The molecule has 0 atom stereocenters. The van der Waals surface area contributed by atoms with Crippen molar-refractivity contribution in [2.75, 3.05) is 18.4 Å². The van der Waals surface area contributed by atoms with Gasteiger partial charge in [-0.1, -0.05) is 58.4 Å². The lowest BCUT2D eigenvalue weighted by Crippen LogP contribution is -2.39. The van der Waals surface area contributed by atoms with E-state index in [-0.39, 0.29) is 23.9 Å². The van der Waals surface area contributed by atoms with Gasteiger partial charge in [0.05, 0.1) is 11.4 Å². The molecule has 0 saturated carbocycles. The van der Waals surface area contributed by atoms with Crippen molar-refractivity contribution in [2.45, 2.75) is 25.2 Å². The van der Waals surface area contributed by atoms with Gasteiger partial charge in [0.15, 0.2) is 0 Å². The van der Waals surface area contributed by atoms with E-state index >= 15 is 0 Å². The summed E-state index contributed by atoms with van der Waals surface area (Å²) in [7, 11) is -3.84. The number of rotatable bonds is 8. The second-order valence-electron chi connectivity index (χ2n) is 7.32. The van der Waals surface area contributed by atoms with E-state index in [0.717, 1.165) is 21.2 Å². The number of halogens is 1. The Kier molecular flexibility index (Phi) is 7.64. The summed E-state index contributed by atoms with van der Waals surface area (Å²) in [5.41, 5.74) is 3.71. The van der Waals surface area contributed by atoms with Crippen LogP contribution in [0.1, 0.15) is 16.7 Å². The van der Waals surface area contributed by atoms with Gasteiger partial charge in [-0.2, -0.15) is 4.31 Å². The van der Waals surface area contributed by atoms with Crippen LogP contribution in [0.5, 0.6) is 0 Å². The van der Waals surface area contributed by atoms with Gasteiger partial charge in [-0.25, -0.2) is 8.42 Å². The third kappa shape index (κ3) is 6.03. The highest BCUT2D eigenvalue weighted by Gasteiger charge is 2.26. The van der Waals surface area contributed by atoms with Crippen molar-refractivity contribution >= 4 is 37.5 Å². The molecule has 31 heavy (non-hydrogen) atoms. The Hall–Kier alpha value is -2.48. The molecule has 0 bridgehead atoms. The van der Waals surface area contributed by atoms with Crippen molar-refractivity contribution in [1.82, 2.24) is 4.31 Å². The Morgan fingerprint density at radius 3 is 2.29 bits per heavy atom. The molecule has 3 aromatic rings. The van der Waals surface area contributed by atoms with Crippen LogP contribution in [0, 0.1) is 13.8 Å². The van der Waals surface area contributed by atoms with Crippen LogP contribution in [-0.4, -0.2) is 31.7 Å². The fraction of sp³-hybridized carbons (Fsp3) is 0.208. The number of sulfonamides is 1. The number of aryl methyl sites for hydroxylation is 1. The summed E-state index contributed by atoms with van der Waals surface area (Å²) >= 11 is 3.33. The SMILES string of the molecule is Cc1cccc(NC(=O)CN(CCc2ccccc2)S(=O)(=O)c2ccc(Br)cc2)c1C. The number of anilines is 1. The predicted octanol–water partition coefficient (Wildman–Crippen LogP) is 4.94. The van der Waals surface area contributed by atoms with Crippen LogP contribution >= 0.6 is 15.9 Å². The number of nitrogens with one attached hydrogen (secondary N) is 1. The van der Waals surface area contributed by atoms with Gasteiger partial charge >= 0.3 is 0 Å². The predicted molar refractivity (Wildman–Crippen MR) is 128 cm³/mol. The number of hydrogen-bond acceptors (Lipinski definition) is 3. The Morgan fingerprint density at radius 2 is 1.61 bits per heavy atom. The van der Waals surface area contributed by atoms with Crippen molar-refractivity contribution in [1.29, 1.82) is 0 Å². The van der Waals surface area contributed by atoms with E-state index < -0.39 is 10.0 Å². The topological polar surface area (TPSA) is 66.5 Å². The Labute approximate surface area is 192 Å². The summed E-state index contributed by atoms with van der Waals surface area (Å²) in [6.45, 7) is 3.83. The van der Waals surface area contributed by atoms with Gasteiger partial charge in [0.2, 0.25) is 15.9 Å². The number of nitrogens with zero attached hydrogens (tertiary/aromatic N) is 1. The lowest BCUT2D eigenvalue weighted by molar-refractivity contribution is -0.116. The van der Waals surface area contributed by atoms with Crippen molar-refractivity contribution in [3.63, 3.8) is 0 Å². The minimum Gasteiger partial charge on any atom is -0.325 e. The Morgan fingerprint density at radius 1 is 0.935 bits per heavy atom. The zero-order valence-corrected chi connectivity index (χ0v) is 19.9. The standard InChI is InChI=1S/C24H25BrN2O3S/c1-18-7-6-10-23(19(18)2)26-24(28)17-27(16-15-20-8-4-3-5-9-20)31(29,30)22-13-11-21(25)12-14-22/h3-14H,15-17H2,1-2H3,(H,26,28). The molecule has 0 aliphatic heterocycles. The molecular formula is C24H25BrN2O3S. The number of hydrogen-bond donors (Lipinski definition) is 1.